The predicted molar refractivity (Wildman–Crippen MR) is 156 cm³/mol. The molecule has 1 aromatic rings. The summed E-state index contributed by atoms with van der Waals surface area (Å²) in [6.07, 6.45) is 7.28. The molecule has 0 radical (unpaired) electrons. The fraction of sp³-hybridized carbons (Fsp3) is 0.581. The second-order valence-corrected chi connectivity index (χ2v) is 10.7. The van der Waals surface area contributed by atoms with Crippen LogP contribution in [0.4, 0.5) is 0 Å². The van der Waals surface area contributed by atoms with Crippen molar-refractivity contribution in [3.63, 3.8) is 0 Å². The van der Waals surface area contributed by atoms with Gasteiger partial charge in [0.2, 0.25) is 17.7 Å². The zero-order valence-corrected chi connectivity index (χ0v) is 24.7. The van der Waals surface area contributed by atoms with E-state index in [0.717, 1.165) is 30.4 Å². The molecular formula is C31H44N4O6. The van der Waals surface area contributed by atoms with Gasteiger partial charge < -0.3 is 25.6 Å². The number of carbonyl (C=O) groups excluding carboxylic acids is 5. The predicted octanol–water partition coefficient (Wildman–Crippen LogP) is 3.11. The smallest absolute Gasteiger partial charge is 0.328 e. The number of esters is 1. The number of ether oxygens (including phenoxy) is 1. The van der Waals surface area contributed by atoms with E-state index in [4.69, 9.17) is 4.74 Å². The molecule has 0 unspecified atom stereocenters. The van der Waals surface area contributed by atoms with Crippen LogP contribution in [-0.2, 0) is 23.9 Å². The summed E-state index contributed by atoms with van der Waals surface area (Å²) in [5.74, 6) is -1.90. The van der Waals surface area contributed by atoms with Gasteiger partial charge in [-0.2, -0.15) is 0 Å². The minimum Gasteiger partial charge on any atom is -0.467 e. The Hall–Kier alpha value is -3.69. The van der Waals surface area contributed by atoms with Crippen molar-refractivity contribution in [2.24, 2.45) is 0 Å². The van der Waals surface area contributed by atoms with E-state index in [1.807, 2.05) is 43.9 Å². The number of nitrogens with one attached hydrogen (secondary N) is 3. The van der Waals surface area contributed by atoms with Gasteiger partial charge in [0, 0.05) is 18.2 Å². The van der Waals surface area contributed by atoms with Crippen LogP contribution in [0, 0.1) is 0 Å². The largest absolute Gasteiger partial charge is 0.467 e. The van der Waals surface area contributed by atoms with Crippen molar-refractivity contribution in [1.82, 2.24) is 20.9 Å². The molecule has 224 valence electrons. The lowest BCUT2D eigenvalue weighted by molar-refractivity contribution is -0.145. The number of rotatable bonds is 13. The fourth-order valence-corrected chi connectivity index (χ4v) is 5.62. The van der Waals surface area contributed by atoms with Crippen molar-refractivity contribution in [2.45, 2.75) is 103 Å². The van der Waals surface area contributed by atoms with Crippen molar-refractivity contribution < 1.29 is 28.7 Å². The fourth-order valence-electron chi connectivity index (χ4n) is 5.62. The average molecular weight is 569 g/mol. The van der Waals surface area contributed by atoms with E-state index in [1.54, 1.807) is 6.07 Å². The second-order valence-electron chi connectivity index (χ2n) is 10.7. The molecule has 0 bridgehead atoms. The van der Waals surface area contributed by atoms with E-state index in [1.165, 1.54) is 13.2 Å². The van der Waals surface area contributed by atoms with Crippen molar-refractivity contribution in [2.75, 3.05) is 13.7 Å². The molecule has 0 aliphatic carbocycles. The quantitative estimate of drug-likeness (QED) is 0.247. The van der Waals surface area contributed by atoms with Crippen LogP contribution in [0.5, 0.6) is 0 Å². The molecule has 1 fully saturated rings. The number of carbonyl (C=O) groups is 5. The minimum absolute atomic E-state index is 0.0142. The first kappa shape index (κ1) is 31.8. The Morgan fingerprint density at radius 2 is 1.44 bits per heavy atom. The minimum atomic E-state index is -0.863. The standard InChI is InChI=1S/C31H44N4O6/c1-5-12-23(28(37)33-24(13-6-2)29(38)34-25(14-7-3)31(40)41-4)32-27(36)19-22-20-15-8-9-16-21(20)30(39)35-18-11-10-17-26(22)35/h8-9,15-16,19,23-26H,5-7,10-14,17-18H2,1-4H3,(H,32,36)(H,33,37)(H,34,38)/b22-19-/t23-,24+,25-,26-/m0/s1. The van der Waals surface area contributed by atoms with Crippen LogP contribution in [0.1, 0.15) is 94.5 Å². The summed E-state index contributed by atoms with van der Waals surface area (Å²) in [7, 11) is 1.27. The van der Waals surface area contributed by atoms with Gasteiger partial charge in [-0.3, -0.25) is 19.2 Å². The van der Waals surface area contributed by atoms with Crippen molar-refractivity contribution >= 4 is 35.2 Å². The lowest BCUT2D eigenvalue weighted by Crippen LogP contribution is -2.55. The highest BCUT2D eigenvalue weighted by Crippen LogP contribution is 2.37. The Labute approximate surface area is 242 Å². The van der Waals surface area contributed by atoms with Crippen molar-refractivity contribution in [1.29, 1.82) is 0 Å². The zero-order valence-electron chi connectivity index (χ0n) is 24.7. The summed E-state index contributed by atoms with van der Waals surface area (Å²) < 4.78 is 4.81. The SMILES string of the molecule is CCC[C@H](NC(=O)/C=C1/c2ccccc2C(=O)N2CCCC[C@@H]12)C(=O)N[C@H](CCC)C(=O)N[C@@H](CCC)C(=O)OC. The third kappa shape index (κ3) is 7.95. The molecule has 0 saturated carbocycles. The average Bonchev–Trinajstić information content (AvgIpc) is 2.98. The van der Waals surface area contributed by atoms with Gasteiger partial charge in [0.25, 0.3) is 5.91 Å². The van der Waals surface area contributed by atoms with Crippen LogP contribution in [0.2, 0.25) is 0 Å². The lowest BCUT2D eigenvalue weighted by atomic mass is 9.83. The molecule has 3 rings (SSSR count). The van der Waals surface area contributed by atoms with Crippen LogP contribution in [-0.4, -0.2) is 72.3 Å². The van der Waals surface area contributed by atoms with Gasteiger partial charge in [-0.05, 0) is 55.7 Å². The molecule has 1 aromatic carbocycles. The molecule has 1 saturated heterocycles. The maximum atomic E-state index is 13.4. The third-order valence-electron chi connectivity index (χ3n) is 7.68. The summed E-state index contributed by atoms with van der Waals surface area (Å²) in [6.45, 7) is 6.36. The van der Waals surface area contributed by atoms with E-state index in [2.05, 4.69) is 16.0 Å². The Balaban J connectivity index is 1.77. The number of methoxy groups -OCH3 is 1. The molecule has 2 aliphatic heterocycles. The number of benzene rings is 1. The lowest BCUT2D eigenvalue weighted by Gasteiger charge is -2.41. The normalized spacial score (nSPS) is 19.3. The number of amides is 4. The van der Waals surface area contributed by atoms with Gasteiger partial charge in [0.1, 0.15) is 18.1 Å². The first-order chi connectivity index (χ1) is 19.7. The van der Waals surface area contributed by atoms with Gasteiger partial charge in [-0.15, -0.1) is 0 Å². The zero-order chi connectivity index (χ0) is 29.9. The Bertz CT molecular complexity index is 1150. The number of hydrogen-bond acceptors (Lipinski definition) is 6. The summed E-state index contributed by atoms with van der Waals surface area (Å²) in [5, 5.41) is 8.34. The van der Waals surface area contributed by atoms with Crippen LogP contribution >= 0.6 is 0 Å². The van der Waals surface area contributed by atoms with E-state index >= 15 is 0 Å². The van der Waals surface area contributed by atoms with Crippen LogP contribution in [0.3, 0.4) is 0 Å². The highest BCUT2D eigenvalue weighted by atomic mass is 16.5. The molecule has 2 aliphatic rings. The number of fused-ring (bicyclic) bond motifs is 2. The molecule has 2 heterocycles. The highest BCUT2D eigenvalue weighted by molar-refractivity contribution is 6.07. The van der Waals surface area contributed by atoms with Crippen LogP contribution < -0.4 is 16.0 Å². The Kier molecular flexibility index (Phi) is 11.9. The summed E-state index contributed by atoms with van der Waals surface area (Å²) >= 11 is 0. The molecule has 41 heavy (non-hydrogen) atoms. The summed E-state index contributed by atoms with van der Waals surface area (Å²) in [4.78, 5) is 66.8. The molecule has 0 spiro atoms. The maximum absolute atomic E-state index is 13.4. The summed E-state index contributed by atoms with van der Waals surface area (Å²) in [6, 6.07) is 4.63. The Morgan fingerprint density at radius 1 is 0.878 bits per heavy atom. The maximum Gasteiger partial charge on any atom is 0.328 e. The number of nitrogens with zero attached hydrogens (tertiary/aromatic N) is 1. The number of piperidine rings is 1. The van der Waals surface area contributed by atoms with E-state index in [-0.39, 0.29) is 11.9 Å². The topological polar surface area (TPSA) is 134 Å². The molecule has 4 atom stereocenters. The summed E-state index contributed by atoms with van der Waals surface area (Å²) in [5.41, 5.74) is 2.11. The van der Waals surface area contributed by atoms with Gasteiger partial charge in [-0.25, -0.2) is 4.79 Å². The molecular weight excluding hydrogens is 524 g/mol. The van der Waals surface area contributed by atoms with Crippen LogP contribution in [0.25, 0.3) is 5.57 Å². The first-order valence-corrected chi connectivity index (χ1v) is 14.9. The third-order valence-corrected chi connectivity index (χ3v) is 7.68. The molecule has 0 aromatic heterocycles. The van der Waals surface area contributed by atoms with Crippen molar-refractivity contribution in [3.8, 4) is 0 Å². The number of hydrogen-bond donors (Lipinski definition) is 3. The van der Waals surface area contributed by atoms with E-state index in [9.17, 15) is 24.0 Å². The van der Waals surface area contributed by atoms with Gasteiger partial charge >= 0.3 is 5.97 Å². The van der Waals surface area contributed by atoms with E-state index in [0.29, 0.717) is 50.6 Å². The molecule has 10 heteroatoms. The molecule has 4 amide bonds. The highest BCUT2D eigenvalue weighted by Gasteiger charge is 2.37. The first-order valence-electron chi connectivity index (χ1n) is 14.9. The van der Waals surface area contributed by atoms with Gasteiger partial charge in [0.15, 0.2) is 0 Å². The molecule has 3 N–H and O–H groups in total. The second kappa shape index (κ2) is 15.3. The van der Waals surface area contributed by atoms with Crippen LogP contribution in [0.15, 0.2) is 30.3 Å². The van der Waals surface area contributed by atoms with Crippen molar-refractivity contribution in [3.05, 3.63) is 41.5 Å². The van der Waals surface area contributed by atoms with Gasteiger partial charge in [-0.1, -0.05) is 58.2 Å². The monoisotopic (exact) mass is 568 g/mol. The Morgan fingerprint density at radius 3 is 2.05 bits per heavy atom. The van der Waals surface area contributed by atoms with Gasteiger partial charge in [0.05, 0.1) is 13.2 Å². The molecule has 10 nitrogen and oxygen atoms in total. The van der Waals surface area contributed by atoms with E-state index < -0.39 is 41.8 Å².